The standard InChI is InChI=1S/C13H12N4O2S2/c1-8-4-5-9-10(7-8)20-13(16-9)17-21(18,19)11-3-2-6-15-12(11)14/h2-7H,1H3,(H2,14,15)(H,16,17). The highest BCUT2D eigenvalue weighted by Crippen LogP contribution is 2.28. The summed E-state index contributed by atoms with van der Waals surface area (Å²) in [4.78, 5) is 7.99. The van der Waals surface area contributed by atoms with Crippen molar-refractivity contribution >= 4 is 42.5 Å². The molecule has 0 saturated heterocycles. The molecule has 2 aromatic heterocycles. The number of nitrogens with zero attached hydrogens (tertiary/aromatic N) is 2. The van der Waals surface area contributed by atoms with Gasteiger partial charge in [-0.15, -0.1) is 0 Å². The molecule has 0 aliphatic rings. The second kappa shape index (κ2) is 4.97. The van der Waals surface area contributed by atoms with Gasteiger partial charge in [0.15, 0.2) is 5.13 Å². The number of anilines is 2. The van der Waals surface area contributed by atoms with Gasteiger partial charge in [0.2, 0.25) is 0 Å². The number of pyridine rings is 1. The number of aromatic nitrogens is 2. The first-order valence-electron chi connectivity index (χ1n) is 6.06. The minimum absolute atomic E-state index is 0.0399. The number of hydrogen-bond donors (Lipinski definition) is 2. The molecule has 0 aliphatic heterocycles. The van der Waals surface area contributed by atoms with E-state index in [1.165, 1.54) is 29.7 Å². The van der Waals surface area contributed by atoms with E-state index in [0.29, 0.717) is 5.13 Å². The first-order chi connectivity index (χ1) is 9.95. The maximum absolute atomic E-state index is 12.3. The van der Waals surface area contributed by atoms with Gasteiger partial charge in [0.05, 0.1) is 10.2 Å². The molecule has 1 aromatic carbocycles. The third kappa shape index (κ3) is 2.67. The molecule has 0 bridgehead atoms. The first kappa shape index (κ1) is 13.8. The van der Waals surface area contributed by atoms with E-state index in [1.54, 1.807) is 0 Å². The van der Waals surface area contributed by atoms with E-state index in [0.717, 1.165) is 15.8 Å². The van der Waals surface area contributed by atoms with Crippen LogP contribution in [-0.2, 0) is 10.0 Å². The number of thiazole rings is 1. The molecule has 108 valence electrons. The Hall–Kier alpha value is -2.19. The molecule has 6 nitrogen and oxygen atoms in total. The van der Waals surface area contributed by atoms with Gasteiger partial charge in [-0.1, -0.05) is 17.4 Å². The van der Waals surface area contributed by atoms with Crippen molar-refractivity contribution < 1.29 is 8.42 Å². The molecular weight excluding hydrogens is 308 g/mol. The molecule has 0 unspecified atom stereocenters. The fourth-order valence-electron chi connectivity index (χ4n) is 1.88. The SMILES string of the molecule is Cc1ccc2nc(NS(=O)(=O)c3cccnc3N)sc2c1. The normalized spacial score (nSPS) is 11.7. The Kier molecular flexibility index (Phi) is 3.26. The summed E-state index contributed by atoms with van der Waals surface area (Å²) in [5.41, 5.74) is 7.45. The third-order valence-electron chi connectivity index (χ3n) is 2.85. The molecule has 0 atom stereocenters. The Bertz CT molecular complexity index is 919. The lowest BCUT2D eigenvalue weighted by atomic mass is 10.2. The molecule has 0 amide bonds. The predicted molar refractivity (Wildman–Crippen MR) is 83.8 cm³/mol. The highest BCUT2D eigenvalue weighted by Gasteiger charge is 2.19. The number of hydrogen-bond acceptors (Lipinski definition) is 6. The summed E-state index contributed by atoms with van der Waals surface area (Å²) in [6, 6.07) is 8.68. The molecule has 8 heteroatoms. The summed E-state index contributed by atoms with van der Waals surface area (Å²) >= 11 is 1.28. The van der Waals surface area contributed by atoms with Crippen LogP contribution in [0.4, 0.5) is 10.9 Å². The zero-order valence-electron chi connectivity index (χ0n) is 11.1. The van der Waals surface area contributed by atoms with Crippen LogP contribution in [-0.4, -0.2) is 18.4 Å². The van der Waals surface area contributed by atoms with Crippen molar-refractivity contribution in [1.29, 1.82) is 0 Å². The quantitative estimate of drug-likeness (QED) is 0.772. The number of nitrogens with two attached hydrogens (primary N) is 1. The van der Waals surface area contributed by atoms with Crippen LogP contribution < -0.4 is 10.5 Å². The number of nitrogens with one attached hydrogen (secondary N) is 1. The average Bonchev–Trinajstić information content (AvgIpc) is 2.79. The molecule has 21 heavy (non-hydrogen) atoms. The zero-order chi connectivity index (χ0) is 15.0. The van der Waals surface area contributed by atoms with Gasteiger partial charge < -0.3 is 5.73 Å². The topological polar surface area (TPSA) is 98.0 Å². The molecule has 0 saturated carbocycles. The van der Waals surface area contributed by atoms with Crippen molar-refractivity contribution in [1.82, 2.24) is 9.97 Å². The van der Waals surface area contributed by atoms with E-state index in [1.807, 2.05) is 25.1 Å². The lowest BCUT2D eigenvalue weighted by molar-refractivity contribution is 0.601. The van der Waals surface area contributed by atoms with Crippen LogP contribution >= 0.6 is 11.3 Å². The van der Waals surface area contributed by atoms with Gasteiger partial charge in [-0.2, -0.15) is 0 Å². The Morgan fingerprint density at radius 1 is 1.29 bits per heavy atom. The molecule has 0 spiro atoms. The van der Waals surface area contributed by atoms with Crippen molar-refractivity contribution in [2.45, 2.75) is 11.8 Å². The fourth-order valence-corrected chi connectivity index (χ4v) is 4.16. The summed E-state index contributed by atoms with van der Waals surface area (Å²) < 4.78 is 28.0. The van der Waals surface area contributed by atoms with Crippen molar-refractivity contribution in [2.75, 3.05) is 10.5 Å². The van der Waals surface area contributed by atoms with Gasteiger partial charge in [0, 0.05) is 6.20 Å². The summed E-state index contributed by atoms with van der Waals surface area (Å²) in [6.07, 6.45) is 1.44. The Morgan fingerprint density at radius 2 is 2.10 bits per heavy atom. The van der Waals surface area contributed by atoms with Crippen LogP contribution in [0.5, 0.6) is 0 Å². The number of fused-ring (bicyclic) bond motifs is 1. The number of benzene rings is 1. The van der Waals surface area contributed by atoms with E-state index >= 15 is 0 Å². The smallest absolute Gasteiger partial charge is 0.267 e. The Morgan fingerprint density at radius 3 is 2.86 bits per heavy atom. The summed E-state index contributed by atoms with van der Waals surface area (Å²) in [7, 11) is -3.79. The molecule has 3 aromatic rings. The minimum Gasteiger partial charge on any atom is -0.383 e. The van der Waals surface area contributed by atoms with Crippen LogP contribution in [0.1, 0.15) is 5.56 Å². The Labute approximate surface area is 125 Å². The fraction of sp³-hybridized carbons (Fsp3) is 0.0769. The van der Waals surface area contributed by atoms with Crippen LogP contribution in [0.25, 0.3) is 10.2 Å². The minimum atomic E-state index is -3.79. The molecule has 0 radical (unpaired) electrons. The summed E-state index contributed by atoms with van der Waals surface area (Å²) in [6.45, 7) is 1.97. The van der Waals surface area contributed by atoms with E-state index < -0.39 is 10.0 Å². The van der Waals surface area contributed by atoms with Gasteiger partial charge in [-0.05, 0) is 36.8 Å². The molecule has 0 aliphatic carbocycles. The largest absolute Gasteiger partial charge is 0.383 e. The van der Waals surface area contributed by atoms with Crippen molar-refractivity contribution in [3.8, 4) is 0 Å². The monoisotopic (exact) mass is 320 g/mol. The van der Waals surface area contributed by atoms with Gasteiger partial charge >= 0.3 is 0 Å². The van der Waals surface area contributed by atoms with Gasteiger partial charge in [-0.3, -0.25) is 4.72 Å². The molecule has 3 N–H and O–H groups in total. The van der Waals surface area contributed by atoms with E-state index in [4.69, 9.17) is 5.73 Å². The maximum atomic E-state index is 12.3. The molecule has 0 fully saturated rings. The van der Waals surface area contributed by atoms with Gasteiger partial charge in [0.1, 0.15) is 10.7 Å². The van der Waals surface area contributed by atoms with Gasteiger partial charge in [0.25, 0.3) is 10.0 Å². The average molecular weight is 320 g/mol. The molecule has 3 rings (SSSR count). The van der Waals surface area contributed by atoms with E-state index in [9.17, 15) is 8.42 Å². The van der Waals surface area contributed by atoms with E-state index in [2.05, 4.69) is 14.7 Å². The molecular formula is C13H12N4O2S2. The summed E-state index contributed by atoms with van der Waals surface area (Å²) in [5.74, 6) is -0.0399. The number of aryl methyl sites for hydroxylation is 1. The van der Waals surface area contributed by atoms with Crippen molar-refractivity contribution in [3.05, 3.63) is 42.1 Å². The highest BCUT2D eigenvalue weighted by atomic mass is 32.2. The lowest BCUT2D eigenvalue weighted by Gasteiger charge is -2.06. The predicted octanol–water partition coefficient (Wildman–Crippen LogP) is 2.38. The number of rotatable bonds is 3. The van der Waals surface area contributed by atoms with Crippen molar-refractivity contribution in [3.63, 3.8) is 0 Å². The zero-order valence-corrected chi connectivity index (χ0v) is 12.7. The van der Waals surface area contributed by atoms with Crippen molar-refractivity contribution in [2.24, 2.45) is 0 Å². The van der Waals surface area contributed by atoms with Crippen LogP contribution in [0.3, 0.4) is 0 Å². The summed E-state index contributed by atoms with van der Waals surface area (Å²) in [5, 5.41) is 0.304. The van der Waals surface area contributed by atoms with E-state index in [-0.39, 0.29) is 10.7 Å². The third-order valence-corrected chi connectivity index (χ3v) is 5.30. The second-order valence-corrected chi connectivity index (χ2v) is 7.16. The molecule has 2 heterocycles. The highest BCUT2D eigenvalue weighted by molar-refractivity contribution is 7.93. The number of nitrogen functional groups attached to an aromatic ring is 1. The first-order valence-corrected chi connectivity index (χ1v) is 8.36. The van der Waals surface area contributed by atoms with Gasteiger partial charge in [-0.25, -0.2) is 18.4 Å². The second-order valence-electron chi connectivity index (χ2n) is 4.48. The maximum Gasteiger partial charge on any atom is 0.267 e. The Balaban J connectivity index is 1.99. The van der Waals surface area contributed by atoms with Crippen LogP contribution in [0.2, 0.25) is 0 Å². The van der Waals surface area contributed by atoms with Crippen LogP contribution in [0, 0.1) is 6.92 Å². The lowest BCUT2D eigenvalue weighted by Crippen LogP contribution is -2.15. The number of sulfonamides is 1. The van der Waals surface area contributed by atoms with Crippen LogP contribution in [0.15, 0.2) is 41.4 Å².